The zero-order valence-corrected chi connectivity index (χ0v) is 27.7. The lowest BCUT2D eigenvalue weighted by molar-refractivity contribution is -0.122. The molecule has 2 saturated heterocycles. The molecule has 2 heterocycles. The number of ether oxygens (including phenoxy) is 4. The molecule has 0 atom stereocenters. The number of carbonyl (C=O) groups is 2. The van der Waals surface area contributed by atoms with Crippen molar-refractivity contribution in [3.05, 3.63) is 82.6 Å². The van der Waals surface area contributed by atoms with E-state index in [1.165, 1.54) is 33.3 Å². The molecule has 44 heavy (non-hydrogen) atoms. The summed E-state index contributed by atoms with van der Waals surface area (Å²) >= 11 is 13.2. The molecular weight excluding hydrogens is 637 g/mol. The molecule has 0 bridgehead atoms. The summed E-state index contributed by atoms with van der Waals surface area (Å²) in [5, 5.41) is 0. The normalized spacial score (nSPS) is 16.7. The van der Waals surface area contributed by atoms with Crippen molar-refractivity contribution >= 4 is 80.6 Å². The minimum Gasteiger partial charge on any atom is -0.493 e. The number of benzene rings is 2. The molecule has 8 nitrogen and oxygen atoms in total. The van der Waals surface area contributed by atoms with E-state index >= 15 is 0 Å². The molecule has 0 radical (unpaired) electrons. The van der Waals surface area contributed by atoms with E-state index in [0.717, 1.165) is 24.0 Å². The Kier molecular flexibility index (Phi) is 12.1. The molecule has 0 spiro atoms. The van der Waals surface area contributed by atoms with Crippen molar-refractivity contribution in [1.82, 2.24) is 9.80 Å². The van der Waals surface area contributed by atoms with Crippen LogP contribution in [-0.2, 0) is 9.59 Å². The first-order valence-electron chi connectivity index (χ1n) is 13.6. The number of thioether (sulfide) groups is 2. The summed E-state index contributed by atoms with van der Waals surface area (Å²) in [6, 6.07) is 11.1. The second kappa shape index (κ2) is 15.9. The minimum atomic E-state index is -0.131. The molecule has 230 valence electrons. The van der Waals surface area contributed by atoms with Crippen LogP contribution in [0.2, 0.25) is 0 Å². The van der Waals surface area contributed by atoms with Crippen LogP contribution in [0.25, 0.3) is 12.2 Å². The van der Waals surface area contributed by atoms with E-state index in [0.29, 0.717) is 67.8 Å². The Hall–Kier alpha value is -3.58. The van der Waals surface area contributed by atoms with Crippen molar-refractivity contribution in [1.29, 1.82) is 0 Å². The van der Waals surface area contributed by atoms with E-state index in [-0.39, 0.29) is 11.8 Å². The summed E-state index contributed by atoms with van der Waals surface area (Å²) in [5.74, 6) is 2.11. The minimum absolute atomic E-state index is 0.131. The summed E-state index contributed by atoms with van der Waals surface area (Å²) in [4.78, 5) is 29.4. The first-order valence-corrected chi connectivity index (χ1v) is 16.1. The molecule has 0 unspecified atom stereocenters. The van der Waals surface area contributed by atoms with Gasteiger partial charge in [-0.2, -0.15) is 0 Å². The number of thiocarbonyl (C=S) groups is 2. The Morgan fingerprint density at radius 2 is 1.11 bits per heavy atom. The Labute approximate surface area is 276 Å². The fourth-order valence-corrected chi connectivity index (χ4v) is 6.78. The predicted molar refractivity (Wildman–Crippen MR) is 186 cm³/mol. The third-order valence-corrected chi connectivity index (χ3v) is 9.15. The van der Waals surface area contributed by atoms with Crippen LogP contribution in [0.4, 0.5) is 0 Å². The Bertz CT molecular complexity index is 1420. The molecule has 0 aliphatic carbocycles. The summed E-state index contributed by atoms with van der Waals surface area (Å²) in [5.41, 5.74) is 1.62. The second-order valence-corrected chi connectivity index (χ2v) is 12.7. The van der Waals surface area contributed by atoms with Gasteiger partial charge in [-0.1, -0.05) is 72.2 Å². The zero-order valence-electron chi connectivity index (χ0n) is 24.4. The number of hydrogen-bond donors (Lipinski definition) is 0. The molecule has 2 amide bonds. The molecule has 2 aromatic carbocycles. The number of nitrogens with zero attached hydrogens (tertiary/aromatic N) is 2. The van der Waals surface area contributed by atoms with Crippen LogP contribution in [0.15, 0.2) is 71.5 Å². The van der Waals surface area contributed by atoms with Crippen molar-refractivity contribution in [2.45, 2.75) is 12.8 Å². The first kappa shape index (κ1) is 33.3. The van der Waals surface area contributed by atoms with E-state index in [2.05, 4.69) is 13.2 Å². The summed E-state index contributed by atoms with van der Waals surface area (Å²) in [6.45, 7) is 9.07. The summed E-state index contributed by atoms with van der Waals surface area (Å²) in [6.07, 6.45) is 8.40. The number of hydrogen-bond acceptors (Lipinski definition) is 10. The lowest BCUT2D eigenvalue weighted by Gasteiger charge is -2.13. The predicted octanol–water partition coefficient (Wildman–Crippen LogP) is 6.72. The van der Waals surface area contributed by atoms with Crippen LogP contribution in [0.3, 0.4) is 0 Å². The highest BCUT2D eigenvalue weighted by Gasteiger charge is 2.32. The van der Waals surface area contributed by atoms with Crippen LogP contribution in [0.5, 0.6) is 23.0 Å². The maximum atomic E-state index is 12.6. The SMILES string of the molecule is C=CCN1C(=O)C(=Cc2ccc(OCCCCOc3ccc(C=C4SC(=S)N(CC=C)C4=O)cc3OC)c(OC)c2)SC1=S. The van der Waals surface area contributed by atoms with Gasteiger partial charge in [0.2, 0.25) is 0 Å². The number of carbonyl (C=O) groups excluding carboxylic acids is 2. The van der Waals surface area contributed by atoms with Crippen LogP contribution in [0, 0.1) is 0 Å². The fourth-order valence-electron chi connectivity index (χ4n) is 4.23. The molecule has 0 saturated carbocycles. The van der Waals surface area contributed by atoms with E-state index in [4.69, 9.17) is 43.4 Å². The van der Waals surface area contributed by atoms with Gasteiger partial charge in [-0.25, -0.2) is 0 Å². The highest BCUT2D eigenvalue weighted by atomic mass is 32.2. The number of methoxy groups -OCH3 is 2. The van der Waals surface area contributed by atoms with Gasteiger partial charge in [0.1, 0.15) is 8.64 Å². The van der Waals surface area contributed by atoms with Gasteiger partial charge in [-0.3, -0.25) is 19.4 Å². The molecule has 0 N–H and O–H groups in total. The maximum absolute atomic E-state index is 12.6. The fraction of sp³-hybridized carbons (Fsp3) is 0.250. The van der Waals surface area contributed by atoms with E-state index in [1.807, 2.05) is 36.4 Å². The number of rotatable bonds is 15. The standard InChI is InChI=1S/C32H32N2O6S4/c1-5-13-33-29(35)27(43-31(33)41)19-21-9-11-23(25(17-21)37-3)39-15-7-8-16-40-24-12-10-22(18-26(24)38-4)20-28-30(36)34(14-6-2)32(42)44-28/h5-6,9-12,17-20H,1-2,7-8,13-16H2,3-4H3. The van der Waals surface area contributed by atoms with Crippen molar-refractivity contribution in [3.8, 4) is 23.0 Å². The molecule has 2 fully saturated rings. The number of unbranched alkanes of at least 4 members (excludes halogenated alkanes) is 1. The van der Waals surface area contributed by atoms with Gasteiger partial charge in [-0.05, 0) is 60.4 Å². The maximum Gasteiger partial charge on any atom is 0.266 e. The van der Waals surface area contributed by atoms with Gasteiger partial charge in [0.15, 0.2) is 23.0 Å². The van der Waals surface area contributed by atoms with Gasteiger partial charge >= 0.3 is 0 Å². The van der Waals surface area contributed by atoms with E-state index in [1.54, 1.807) is 38.5 Å². The number of amides is 2. The quantitative estimate of drug-likeness (QED) is 0.0884. The monoisotopic (exact) mass is 668 g/mol. The molecule has 2 aliphatic heterocycles. The van der Waals surface area contributed by atoms with Crippen LogP contribution in [-0.4, -0.2) is 70.8 Å². The van der Waals surface area contributed by atoms with Gasteiger partial charge < -0.3 is 18.9 Å². The first-order chi connectivity index (χ1) is 21.3. The van der Waals surface area contributed by atoms with Crippen molar-refractivity contribution in [2.75, 3.05) is 40.5 Å². The second-order valence-electron chi connectivity index (χ2n) is 9.39. The Morgan fingerprint density at radius 1 is 0.705 bits per heavy atom. The third-order valence-electron chi connectivity index (χ3n) is 6.40. The highest BCUT2D eigenvalue weighted by molar-refractivity contribution is 8.27. The largest absolute Gasteiger partial charge is 0.493 e. The average Bonchev–Trinajstić information content (AvgIpc) is 3.43. The Morgan fingerprint density at radius 3 is 1.48 bits per heavy atom. The Balaban J connectivity index is 1.27. The smallest absolute Gasteiger partial charge is 0.266 e. The molecular formula is C32H32N2O6S4. The van der Waals surface area contributed by atoms with Crippen molar-refractivity contribution < 1.29 is 28.5 Å². The topological polar surface area (TPSA) is 77.5 Å². The van der Waals surface area contributed by atoms with Gasteiger partial charge in [0.25, 0.3) is 11.8 Å². The lowest BCUT2D eigenvalue weighted by Crippen LogP contribution is -2.27. The zero-order chi connectivity index (χ0) is 31.6. The van der Waals surface area contributed by atoms with Gasteiger partial charge in [-0.15, -0.1) is 13.2 Å². The molecule has 0 aromatic heterocycles. The van der Waals surface area contributed by atoms with Crippen LogP contribution < -0.4 is 18.9 Å². The van der Waals surface area contributed by atoms with Crippen LogP contribution in [0.1, 0.15) is 24.0 Å². The molecule has 4 rings (SSSR count). The van der Waals surface area contributed by atoms with Crippen molar-refractivity contribution in [2.24, 2.45) is 0 Å². The average molecular weight is 669 g/mol. The molecule has 12 heteroatoms. The van der Waals surface area contributed by atoms with E-state index < -0.39 is 0 Å². The summed E-state index contributed by atoms with van der Waals surface area (Å²) < 4.78 is 24.0. The third kappa shape index (κ3) is 8.12. The van der Waals surface area contributed by atoms with Crippen LogP contribution >= 0.6 is 48.0 Å². The lowest BCUT2D eigenvalue weighted by atomic mass is 10.2. The summed E-state index contributed by atoms with van der Waals surface area (Å²) in [7, 11) is 3.16. The van der Waals surface area contributed by atoms with E-state index in [9.17, 15) is 9.59 Å². The molecule has 2 aliphatic rings. The van der Waals surface area contributed by atoms with Crippen molar-refractivity contribution in [3.63, 3.8) is 0 Å². The van der Waals surface area contributed by atoms with Gasteiger partial charge in [0, 0.05) is 13.1 Å². The van der Waals surface area contributed by atoms with Gasteiger partial charge in [0.05, 0.1) is 37.2 Å². The highest BCUT2D eigenvalue weighted by Crippen LogP contribution is 2.36. The molecule has 2 aromatic rings.